The third-order valence-corrected chi connectivity index (χ3v) is 2.27. The van der Waals surface area contributed by atoms with E-state index in [4.69, 9.17) is 9.31 Å². The monoisotopic (exact) mass is 191 g/mol. The lowest BCUT2D eigenvalue weighted by molar-refractivity contribution is 0.143. The van der Waals surface area contributed by atoms with E-state index in [-0.39, 0.29) is 7.12 Å². The summed E-state index contributed by atoms with van der Waals surface area (Å²) in [6.07, 6.45) is 0.988. The van der Waals surface area contributed by atoms with Crippen LogP contribution in [-0.2, 0) is 9.31 Å². The highest BCUT2D eigenvalue weighted by molar-refractivity contribution is 6.61. The van der Waals surface area contributed by atoms with Crippen LogP contribution in [0.25, 0.3) is 0 Å². The molecule has 1 fully saturated rings. The number of nitrogens with one attached hydrogen (secondary N) is 1. The van der Waals surface area contributed by atoms with E-state index in [0.29, 0.717) is 0 Å². The van der Waals surface area contributed by atoms with Crippen molar-refractivity contribution in [2.45, 2.75) is 6.42 Å². The topological polar surface area (TPSA) is 30.5 Å². The third-order valence-electron chi connectivity index (χ3n) is 2.27. The zero-order valence-electron chi connectivity index (χ0n) is 8.32. The summed E-state index contributed by atoms with van der Waals surface area (Å²) < 4.78 is 11.0. The van der Waals surface area contributed by atoms with Crippen molar-refractivity contribution >= 4 is 18.3 Å². The third kappa shape index (κ3) is 2.08. The molecule has 1 aliphatic rings. The smallest absolute Gasteiger partial charge is 0.407 e. The van der Waals surface area contributed by atoms with E-state index in [9.17, 15) is 0 Å². The van der Waals surface area contributed by atoms with Gasteiger partial charge in [-0.3, -0.25) is 0 Å². The summed E-state index contributed by atoms with van der Waals surface area (Å²) >= 11 is 0. The van der Waals surface area contributed by atoms with Gasteiger partial charge in [-0.2, -0.15) is 0 Å². The Hall–Kier alpha value is -0.995. The molecule has 14 heavy (non-hydrogen) atoms. The van der Waals surface area contributed by atoms with Crippen LogP contribution in [0.3, 0.4) is 0 Å². The largest absolute Gasteiger partial charge is 0.493 e. The standard InChI is InChI=1S/C10H14BNO2/c1-12-10-5-2-4-9(8-10)11-13-6-3-7-14-11/h2,4-5,8,12H,3,6-7H2,1H3. The first-order valence-electron chi connectivity index (χ1n) is 4.91. The Balaban J connectivity index is 2.13. The van der Waals surface area contributed by atoms with Gasteiger partial charge in [-0.25, -0.2) is 0 Å². The molecule has 0 bridgehead atoms. The van der Waals surface area contributed by atoms with Crippen molar-refractivity contribution in [1.29, 1.82) is 0 Å². The fourth-order valence-electron chi connectivity index (χ4n) is 1.52. The maximum Gasteiger partial charge on any atom is 0.493 e. The van der Waals surface area contributed by atoms with Gasteiger partial charge in [-0.1, -0.05) is 12.1 Å². The van der Waals surface area contributed by atoms with Gasteiger partial charge in [0.25, 0.3) is 0 Å². The highest BCUT2D eigenvalue weighted by atomic mass is 16.6. The minimum atomic E-state index is -0.183. The molecule has 1 N–H and O–H groups in total. The summed E-state index contributed by atoms with van der Waals surface area (Å²) in [5.41, 5.74) is 2.16. The number of benzene rings is 1. The van der Waals surface area contributed by atoms with Crippen molar-refractivity contribution < 1.29 is 9.31 Å². The molecular formula is C10H14BNO2. The van der Waals surface area contributed by atoms with Crippen LogP contribution in [0, 0.1) is 0 Å². The van der Waals surface area contributed by atoms with E-state index < -0.39 is 0 Å². The SMILES string of the molecule is CNc1cccc(B2OCCCO2)c1. The van der Waals surface area contributed by atoms with Crippen molar-refractivity contribution in [3.63, 3.8) is 0 Å². The summed E-state index contributed by atoms with van der Waals surface area (Å²) in [6.45, 7) is 1.57. The summed E-state index contributed by atoms with van der Waals surface area (Å²) in [5.74, 6) is 0. The second-order valence-electron chi connectivity index (χ2n) is 3.30. The number of hydrogen-bond donors (Lipinski definition) is 1. The van der Waals surface area contributed by atoms with Crippen LogP contribution in [-0.4, -0.2) is 27.4 Å². The average molecular weight is 191 g/mol. The molecule has 74 valence electrons. The molecule has 4 heteroatoms. The van der Waals surface area contributed by atoms with Crippen LogP contribution in [0.5, 0.6) is 0 Å². The second kappa shape index (κ2) is 4.48. The average Bonchev–Trinajstić information content (AvgIpc) is 2.30. The Morgan fingerprint density at radius 2 is 2.07 bits per heavy atom. The van der Waals surface area contributed by atoms with Crippen LogP contribution in [0.15, 0.2) is 24.3 Å². The van der Waals surface area contributed by atoms with E-state index >= 15 is 0 Å². The molecule has 2 rings (SSSR count). The molecular weight excluding hydrogens is 177 g/mol. The Kier molecular flexibility index (Phi) is 3.06. The first kappa shape index (κ1) is 9.56. The molecule has 0 aliphatic carbocycles. The van der Waals surface area contributed by atoms with Gasteiger partial charge in [-0.15, -0.1) is 0 Å². The van der Waals surface area contributed by atoms with Gasteiger partial charge in [0.1, 0.15) is 0 Å². The number of anilines is 1. The lowest BCUT2D eigenvalue weighted by Crippen LogP contribution is -2.40. The van der Waals surface area contributed by atoms with Crippen LogP contribution >= 0.6 is 0 Å². The predicted molar refractivity (Wildman–Crippen MR) is 57.9 cm³/mol. The van der Waals surface area contributed by atoms with Crippen molar-refractivity contribution in [2.24, 2.45) is 0 Å². The normalized spacial score (nSPS) is 16.8. The molecule has 0 aromatic heterocycles. The zero-order chi connectivity index (χ0) is 9.80. The quantitative estimate of drug-likeness (QED) is 0.703. The van der Waals surface area contributed by atoms with Crippen LogP contribution in [0.2, 0.25) is 0 Å². The van der Waals surface area contributed by atoms with E-state index in [1.54, 1.807) is 0 Å². The highest BCUT2D eigenvalue weighted by Crippen LogP contribution is 2.06. The van der Waals surface area contributed by atoms with Gasteiger partial charge >= 0.3 is 7.12 Å². The van der Waals surface area contributed by atoms with Crippen molar-refractivity contribution in [2.75, 3.05) is 25.6 Å². The van der Waals surface area contributed by atoms with Crippen molar-refractivity contribution in [3.05, 3.63) is 24.3 Å². The Bertz CT molecular complexity index is 300. The first-order valence-corrected chi connectivity index (χ1v) is 4.91. The molecule has 0 spiro atoms. The van der Waals surface area contributed by atoms with Crippen LogP contribution in [0.1, 0.15) is 6.42 Å². The van der Waals surface area contributed by atoms with Gasteiger partial charge in [0.15, 0.2) is 0 Å². The van der Waals surface area contributed by atoms with Gasteiger partial charge in [0, 0.05) is 25.9 Å². The van der Waals surface area contributed by atoms with Gasteiger partial charge in [-0.05, 0) is 24.0 Å². The molecule has 0 atom stereocenters. The Labute approximate surface area is 84.6 Å². The molecule has 1 heterocycles. The molecule has 1 saturated heterocycles. The molecule has 1 aromatic rings. The Morgan fingerprint density at radius 1 is 1.29 bits per heavy atom. The number of hydrogen-bond acceptors (Lipinski definition) is 3. The minimum Gasteiger partial charge on any atom is -0.407 e. The van der Waals surface area contributed by atoms with Gasteiger partial charge in [0.05, 0.1) is 0 Å². The summed E-state index contributed by atoms with van der Waals surface area (Å²) in [5, 5.41) is 3.10. The van der Waals surface area contributed by atoms with E-state index in [2.05, 4.69) is 11.4 Å². The summed E-state index contributed by atoms with van der Waals surface area (Å²) in [6, 6.07) is 8.10. The lowest BCUT2D eigenvalue weighted by Gasteiger charge is -2.20. The zero-order valence-corrected chi connectivity index (χ0v) is 8.32. The van der Waals surface area contributed by atoms with Crippen LogP contribution < -0.4 is 10.8 Å². The van der Waals surface area contributed by atoms with E-state index in [0.717, 1.165) is 30.8 Å². The fraction of sp³-hybridized carbons (Fsp3) is 0.400. The molecule has 0 unspecified atom stereocenters. The minimum absolute atomic E-state index is 0.183. The molecule has 1 aromatic carbocycles. The van der Waals surface area contributed by atoms with Crippen molar-refractivity contribution in [1.82, 2.24) is 0 Å². The molecule has 1 aliphatic heterocycles. The van der Waals surface area contributed by atoms with E-state index in [1.807, 2.05) is 25.2 Å². The van der Waals surface area contributed by atoms with Crippen LogP contribution in [0.4, 0.5) is 5.69 Å². The van der Waals surface area contributed by atoms with Crippen molar-refractivity contribution in [3.8, 4) is 0 Å². The maximum absolute atomic E-state index is 5.51. The second-order valence-corrected chi connectivity index (χ2v) is 3.30. The molecule has 3 nitrogen and oxygen atoms in total. The maximum atomic E-state index is 5.51. The van der Waals surface area contributed by atoms with Gasteiger partial charge in [0.2, 0.25) is 0 Å². The summed E-state index contributed by atoms with van der Waals surface area (Å²) in [4.78, 5) is 0. The molecule has 0 saturated carbocycles. The lowest BCUT2D eigenvalue weighted by atomic mass is 9.78. The highest BCUT2D eigenvalue weighted by Gasteiger charge is 2.24. The summed E-state index contributed by atoms with van der Waals surface area (Å²) in [7, 11) is 1.72. The van der Waals surface area contributed by atoms with E-state index in [1.165, 1.54) is 0 Å². The van der Waals surface area contributed by atoms with Gasteiger partial charge < -0.3 is 14.6 Å². The molecule has 0 radical (unpaired) electrons. The number of rotatable bonds is 2. The predicted octanol–water partition coefficient (Wildman–Crippen LogP) is 0.860. The first-order chi connectivity index (χ1) is 6.90. The molecule has 0 amide bonds. The fourth-order valence-corrected chi connectivity index (χ4v) is 1.52. The Morgan fingerprint density at radius 3 is 2.79 bits per heavy atom.